The van der Waals surface area contributed by atoms with Crippen molar-refractivity contribution in [2.75, 3.05) is 13.1 Å². The Bertz CT molecular complexity index is 822. The molecule has 2 aromatic rings. The number of carbonyl (C=O) groups excluding carboxylic acids is 1. The van der Waals surface area contributed by atoms with Gasteiger partial charge in [-0.15, -0.1) is 0 Å². The number of halogens is 1. The van der Waals surface area contributed by atoms with E-state index in [-0.39, 0.29) is 17.3 Å². The van der Waals surface area contributed by atoms with Crippen molar-refractivity contribution >= 4 is 15.9 Å². The molecule has 0 saturated carbocycles. The van der Waals surface area contributed by atoms with Gasteiger partial charge in [0.1, 0.15) is 11.9 Å². The minimum Gasteiger partial charge on any atom is -0.353 e. The maximum Gasteiger partial charge on any atom is 0.243 e. The van der Waals surface area contributed by atoms with E-state index in [1.165, 1.54) is 16.4 Å². The predicted octanol–water partition coefficient (Wildman–Crippen LogP) is 0.992. The van der Waals surface area contributed by atoms with Gasteiger partial charge in [-0.3, -0.25) is 9.48 Å². The van der Waals surface area contributed by atoms with E-state index < -0.39 is 21.9 Å². The highest BCUT2D eigenvalue weighted by atomic mass is 32.2. The number of hydrogen-bond donors (Lipinski definition) is 1. The van der Waals surface area contributed by atoms with Crippen LogP contribution in [-0.4, -0.2) is 47.5 Å². The van der Waals surface area contributed by atoms with Crippen molar-refractivity contribution in [3.05, 3.63) is 48.5 Å². The summed E-state index contributed by atoms with van der Waals surface area (Å²) >= 11 is 0. The SMILES string of the molecule is O=C(NCCn1cccn1)[C@@H]1CCCN1S(=O)(=O)c1ccc(F)cc1. The third-order valence-electron chi connectivity index (χ3n) is 4.13. The predicted molar refractivity (Wildman–Crippen MR) is 88.6 cm³/mol. The molecule has 9 heteroatoms. The van der Waals surface area contributed by atoms with Gasteiger partial charge in [-0.2, -0.15) is 9.40 Å². The second-order valence-corrected chi connectivity index (χ2v) is 7.68. The lowest BCUT2D eigenvalue weighted by molar-refractivity contribution is -0.124. The Labute approximate surface area is 145 Å². The summed E-state index contributed by atoms with van der Waals surface area (Å²) in [7, 11) is -3.83. The molecule has 0 unspecified atom stereocenters. The van der Waals surface area contributed by atoms with E-state index in [4.69, 9.17) is 0 Å². The van der Waals surface area contributed by atoms with Gasteiger partial charge < -0.3 is 5.32 Å². The normalized spacial score (nSPS) is 18.4. The summed E-state index contributed by atoms with van der Waals surface area (Å²) in [6.07, 6.45) is 4.51. The highest BCUT2D eigenvalue weighted by Crippen LogP contribution is 2.26. The van der Waals surface area contributed by atoms with Gasteiger partial charge in [0.25, 0.3) is 0 Å². The zero-order valence-corrected chi connectivity index (χ0v) is 14.3. The lowest BCUT2D eigenvalue weighted by Gasteiger charge is -2.23. The molecular formula is C16H19FN4O3S. The Balaban J connectivity index is 1.66. The van der Waals surface area contributed by atoms with Crippen molar-refractivity contribution in [3.63, 3.8) is 0 Å². The molecule has 7 nitrogen and oxygen atoms in total. The van der Waals surface area contributed by atoms with E-state index in [1.54, 1.807) is 23.1 Å². The van der Waals surface area contributed by atoms with E-state index in [9.17, 15) is 17.6 Å². The number of carbonyl (C=O) groups is 1. The first-order chi connectivity index (χ1) is 12.0. The third kappa shape index (κ3) is 3.88. The topological polar surface area (TPSA) is 84.3 Å². The molecule has 1 aliphatic heterocycles. The first-order valence-corrected chi connectivity index (χ1v) is 9.45. The average molecular weight is 366 g/mol. The summed E-state index contributed by atoms with van der Waals surface area (Å²) in [4.78, 5) is 12.4. The molecule has 1 N–H and O–H groups in total. The van der Waals surface area contributed by atoms with Crippen LogP contribution in [0.4, 0.5) is 4.39 Å². The van der Waals surface area contributed by atoms with Gasteiger partial charge in [0.2, 0.25) is 15.9 Å². The fraction of sp³-hybridized carbons (Fsp3) is 0.375. The van der Waals surface area contributed by atoms with Crippen LogP contribution in [0.1, 0.15) is 12.8 Å². The van der Waals surface area contributed by atoms with E-state index in [1.807, 2.05) is 0 Å². The monoisotopic (exact) mass is 366 g/mol. The van der Waals surface area contributed by atoms with Crippen molar-refractivity contribution in [3.8, 4) is 0 Å². The van der Waals surface area contributed by atoms with Crippen molar-refractivity contribution in [1.82, 2.24) is 19.4 Å². The molecule has 1 aromatic heterocycles. The molecule has 25 heavy (non-hydrogen) atoms. The molecule has 3 rings (SSSR count). The minimum absolute atomic E-state index is 0.00913. The van der Waals surface area contributed by atoms with Crippen LogP contribution in [0.5, 0.6) is 0 Å². The van der Waals surface area contributed by atoms with Crippen LogP contribution in [0.2, 0.25) is 0 Å². The number of benzene rings is 1. The highest BCUT2D eigenvalue weighted by molar-refractivity contribution is 7.89. The number of amides is 1. The van der Waals surface area contributed by atoms with E-state index in [0.29, 0.717) is 25.9 Å². The highest BCUT2D eigenvalue weighted by Gasteiger charge is 2.39. The standard InChI is InChI=1S/C16H19FN4O3S/c17-13-4-6-14(7-5-13)25(23,24)21-11-1-3-15(21)16(22)18-9-12-20-10-2-8-19-20/h2,4-8,10,15H,1,3,9,11-12H2,(H,18,22)/t15-/m0/s1. The second-order valence-electron chi connectivity index (χ2n) is 5.79. The van der Waals surface area contributed by atoms with Crippen molar-refractivity contribution in [2.45, 2.75) is 30.3 Å². The lowest BCUT2D eigenvalue weighted by Crippen LogP contribution is -2.46. The third-order valence-corrected chi connectivity index (χ3v) is 6.05. The molecule has 0 aliphatic carbocycles. The van der Waals surface area contributed by atoms with Crippen molar-refractivity contribution < 1.29 is 17.6 Å². The van der Waals surface area contributed by atoms with Crippen LogP contribution in [0.3, 0.4) is 0 Å². The molecule has 1 aromatic carbocycles. The van der Waals surface area contributed by atoms with Crippen LogP contribution >= 0.6 is 0 Å². The van der Waals surface area contributed by atoms with Gasteiger partial charge in [0, 0.05) is 25.5 Å². The Morgan fingerprint density at radius 2 is 2.08 bits per heavy atom. The first-order valence-electron chi connectivity index (χ1n) is 8.01. The molecule has 1 atom stereocenters. The smallest absolute Gasteiger partial charge is 0.243 e. The number of sulfonamides is 1. The van der Waals surface area contributed by atoms with Gasteiger partial charge in [0.05, 0.1) is 11.4 Å². The van der Waals surface area contributed by atoms with Crippen LogP contribution < -0.4 is 5.32 Å². The van der Waals surface area contributed by atoms with E-state index in [0.717, 1.165) is 12.1 Å². The number of aromatic nitrogens is 2. The lowest BCUT2D eigenvalue weighted by atomic mass is 10.2. The van der Waals surface area contributed by atoms with Gasteiger partial charge in [-0.1, -0.05) is 0 Å². The van der Waals surface area contributed by atoms with Gasteiger partial charge in [-0.05, 0) is 43.2 Å². The maximum absolute atomic E-state index is 13.0. The van der Waals surface area contributed by atoms with E-state index in [2.05, 4.69) is 10.4 Å². The molecule has 0 bridgehead atoms. The number of nitrogens with one attached hydrogen (secondary N) is 1. The number of hydrogen-bond acceptors (Lipinski definition) is 4. The Hall–Kier alpha value is -2.26. The number of nitrogens with zero attached hydrogens (tertiary/aromatic N) is 3. The van der Waals surface area contributed by atoms with Crippen LogP contribution in [0.15, 0.2) is 47.6 Å². The van der Waals surface area contributed by atoms with Crippen molar-refractivity contribution in [1.29, 1.82) is 0 Å². The largest absolute Gasteiger partial charge is 0.353 e. The fourth-order valence-electron chi connectivity index (χ4n) is 2.88. The first kappa shape index (κ1) is 17.6. The molecule has 2 heterocycles. The molecule has 134 valence electrons. The summed E-state index contributed by atoms with van der Waals surface area (Å²) < 4.78 is 41.4. The number of rotatable bonds is 6. The summed E-state index contributed by atoms with van der Waals surface area (Å²) in [6.45, 7) is 1.15. The Morgan fingerprint density at radius 1 is 1.32 bits per heavy atom. The van der Waals surface area contributed by atoms with Crippen molar-refractivity contribution in [2.24, 2.45) is 0 Å². The summed E-state index contributed by atoms with van der Waals surface area (Å²) in [5.41, 5.74) is 0. The molecule has 1 fully saturated rings. The second kappa shape index (κ2) is 7.32. The van der Waals surface area contributed by atoms with E-state index >= 15 is 0 Å². The molecule has 1 saturated heterocycles. The molecule has 1 aliphatic rings. The zero-order valence-electron chi connectivity index (χ0n) is 13.5. The summed E-state index contributed by atoms with van der Waals surface area (Å²) in [5, 5.41) is 6.80. The maximum atomic E-state index is 13.0. The van der Waals surface area contributed by atoms with Crippen LogP contribution in [0.25, 0.3) is 0 Å². The quantitative estimate of drug-likeness (QED) is 0.826. The zero-order chi connectivity index (χ0) is 17.9. The minimum atomic E-state index is -3.83. The Kier molecular flexibility index (Phi) is 5.14. The summed E-state index contributed by atoms with van der Waals surface area (Å²) in [6, 6.07) is 5.68. The Morgan fingerprint density at radius 3 is 2.76 bits per heavy atom. The molecule has 0 spiro atoms. The van der Waals surface area contributed by atoms with Gasteiger partial charge in [0.15, 0.2) is 0 Å². The van der Waals surface area contributed by atoms with Crippen LogP contribution in [0, 0.1) is 5.82 Å². The van der Waals surface area contributed by atoms with Gasteiger partial charge in [-0.25, -0.2) is 12.8 Å². The van der Waals surface area contributed by atoms with Gasteiger partial charge >= 0.3 is 0 Å². The molecule has 1 amide bonds. The molecular weight excluding hydrogens is 347 g/mol. The average Bonchev–Trinajstić information content (AvgIpc) is 3.27. The fourth-order valence-corrected chi connectivity index (χ4v) is 4.53. The van der Waals surface area contributed by atoms with Crippen LogP contribution in [-0.2, 0) is 21.4 Å². The summed E-state index contributed by atoms with van der Waals surface area (Å²) in [5.74, 6) is -0.830. The molecule has 0 radical (unpaired) electrons.